The zero-order chi connectivity index (χ0) is 9.56. The third-order valence-corrected chi connectivity index (χ3v) is 2.33. The number of rotatable bonds is 4. The predicted molar refractivity (Wildman–Crippen MR) is 67.7 cm³/mol. The lowest BCUT2D eigenvalue weighted by atomic mass is 10.4. The maximum Gasteiger partial charge on any atom is 0.505 e. The Morgan fingerprint density at radius 2 is 2.17 bits per heavy atom. The molecule has 1 N–H and O–H groups in total. The Balaban J connectivity index is 3.59. The molecule has 2 atom stereocenters. The molecule has 0 fully saturated rings. The van der Waals surface area contributed by atoms with Crippen LogP contribution in [0.4, 0.5) is 4.79 Å². The summed E-state index contributed by atoms with van der Waals surface area (Å²) in [6, 6.07) is 0. The molecule has 0 saturated heterocycles. The van der Waals surface area contributed by atoms with Crippen LogP contribution in [0.5, 0.6) is 0 Å². The Morgan fingerprint density at radius 3 is 2.58 bits per heavy atom. The van der Waals surface area contributed by atoms with Crippen molar-refractivity contribution in [3.05, 3.63) is 12.2 Å². The molecule has 2 unspecified atom stereocenters. The molecule has 0 aromatic carbocycles. The zero-order valence-electron chi connectivity index (χ0n) is 5.91. The van der Waals surface area contributed by atoms with Crippen molar-refractivity contribution in [2.45, 2.75) is 6.76 Å². The number of alkyl halides is 3. The highest BCUT2D eigenvalue weighted by Gasteiger charge is 2.03. The molecule has 70 valence electrons. The van der Waals surface area contributed by atoms with Crippen molar-refractivity contribution in [1.82, 2.24) is 0 Å². The fourth-order valence-corrected chi connectivity index (χ4v) is 1.25. The van der Waals surface area contributed by atoms with Crippen LogP contribution < -0.4 is 0 Å². The van der Waals surface area contributed by atoms with Gasteiger partial charge in [-0.05, 0) is 0 Å². The molecular weight excluding hydrogens is 454 g/mol. The van der Waals surface area contributed by atoms with Crippen molar-refractivity contribution in [2.75, 3.05) is 6.61 Å². The molecule has 0 aliphatic rings. The topological polar surface area (TPSA) is 46.5 Å². The molecule has 12 heavy (non-hydrogen) atoms. The van der Waals surface area contributed by atoms with E-state index in [9.17, 15) is 4.79 Å². The van der Waals surface area contributed by atoms with E-state index in [2.05, 4.69) is 65.8 Å². The van der Waals surface area contributed by atoms with Gasteiger partial charge in [0.25, 0.3) is 0 Å². The summed E-state index contributed by atoms with van der Waals surface area (Å²) in [5.41, 5.74) is 0. The van der Waals surface area contributed by atoms with Gasteiger partial charge in [-0.2, -0.15) is 0 Å². The van der Waals surface area contributed by atoms with Crippen LogP contribution in [-0.2, 0) is 4.74 Å². The lowest BCUT2D eigenvalue weighted by molar-refractivity contribution is 0.0950. The summed E-state index contributed by atoms with van der Waals surface area (Å²) in [6.07, 6.45) is 2.60. The van der Waals surface area contributed by atoms with E-state index in [0.717, 1.165) is 0 Å². The fraction of sp³-hybridized carbons (Fsp3) is 0.500. The van der Waals surface area contributed by atoms with Crippen molar-refractivity contribution < 1.29 is 14.6 Å². The van der Waals surface area contributed by atoms with Gasteiger partial charge in [0.05, 0.1) is 6.76 Å². The van der Waals surface area contributed by atoms with Crippen LogP contribution >= 0.6 is 61.1 Å². The second-order valence-electron chi connectivity index (χ2n) is 1.81. The molecule has 0 spiro atoms. The molecule has 0 heterocycles. The van der Waals surface area contributed by atoms with E-state index >= 15 is 0 Å². The van der Waals surface area contributed by atoms with Gasteiger partial charge in [-0.15, -0.1) is 0 Å². The van der Waals surface area contributed by atoms with Crippen LogP contribution in [-0.4, -0.2) is 24.6 Å². The van der Waals surface area contributed by atoms with Crippen LogP contribution in [0.3, 0.4) is 0 Å². The van der Waals surface area contributed by atoms with Crippen LogP contribution in [0, 0.1) is 0 Å². The van der Waals surface area contributed by atoms with E-state index in [1.807, 2.05) is 12.2 Å². The van der Waals surface area contributed by atoms with E-state index in [0.29, 0.717) is 0 Å². The summed E-state index contributed by atoms with van der Waals surface area (Å²) in [5.74, 6) is 0. The average Bonchev–Trinajstić information content (AvgIpc) is 1.96. The van der Waals surface area contributed by atoms with Crippen LogP contribution in [0.15, 0.2) is 12.2 Å². The van der Waals surface area contributed by atoms with Gasteiger partial charge in [0.15, 0.2) is 0 Å². The molecule has 0 saturated carbocycles. The molecule has 6 heteroatoms. The second-order valence-corrected chi connectivity index (χ2v) is 7.45. The summed E-state index contributed by atoms with van der Waals surface area (Å²) in [4.78, 5) is 9.98. The zero-order valence-corrected chi connectivity index (χ0v) is 11.8. The Morgan fingerprint density at radius 1 is 1.58 bits per heavy atom. The van der Waals surface area contributed by atoms with Crippen LogP contribution in [0.2, 0.25) is 0 Å². The minimum Gasteiger partial charge on any atom is -0.450 e. The predicted octanol–water partition coefficient (Wildman–Crippen LogP) is 3.20. The van der Waals surface area contributed by atoms with Crippen molar-refractivity contribution in [3.8, 4) is 0 Å². The third-order valence-electron chi connectivity index (χ3n) is 0.831. The fourth-order valence-electron chi connectivity index (χ4n) is 0.411. The standard InChI is InChI=1S/C6H7BrI2O3/c7-5(9)2-1-4(8)3-12-6(10)11/h1-2,4-5H,3H2,(H,10,11). The van der Waals surface area contributed by atoms with Crippen molar-refractivity contribution in [2.24, 2.45) is 0 Å². The molecule has 0 rings (SSSR count). The lowest BCUT2D eigenvalue weighted by Crippen LogP contribution is -2.09. The summed E-state index contributed by atoms with van der Waals surface area (Å²) >= 11 is 7.62. The molecular formula is C6H7BrI2O3. The second kappa shape index (κ2) is 7.36. The first-order valence-corrected chi connectivity index (χ1v) is 6.39. The summed E-state index contributed by atoms with van der Waals surface area (Å²) < 4.78 is 4.74. The summed E-state index contributed by atoms with van der Waals surface area (Å²) in [7, 11) is 0. The first-order chi connectivity index (χ1) is 5.52. The monoisotopic (exact) mass is 460 g/mol. The van der Waals surface area contributed by atoms with Gasteiger partial charge in [0.2, 0.25) is 0 Å². The Bertz CT molecular complexity index is 172. The van der Waals surface area contributed by atoms with Gasteiger partial charge in [0.1, 0.15) is 6.61 Å². The van der Waals surface area contributed by atoms with E-state index < -0.39 is 6.16 Å². The first kappa shape index (κ1) is 12.9. The number of ether oxygens (including phenoxy) is 1. The van der Waals surface area contributed by atoms with Gasteiger partial charge < -0.3 is 9.84 Å². The van der Waals surface area contributed by atoms with Gasteiger partial charge >= 0.3 is 6.16 Å². The number of halogens is 3. The molecule has 0 aromatic heterocycles. The minimum atomic E-state index is -1.23. The maximum absolute atomic E-state index is 9.98. The average molecular weight is 461 g/mol. The normalized spacial score (nSPS) is 15.9. The number of allylic oxidation sites excluding steroid dienone is 1. The molecule has 0 aliphatic heterocycles. The molecule has 0 bridgehead atoms. The molecule has 0 aromatic rings. The maximum atomic E-state index is 9.98. The number of carbonyl (C=O) groups is 1. The van der Waals surface area contributed by atoms with E-state index in [-0.39, 0.29) is 13.4 Å². The van der Waals surface area contributed by atoms with E-state index in [1.54, 1.807) is 0 Å². The highest BCUT2D eigenvalue weighted by atomic mass is 127. The quantitative estimate of drug-likeness (QED) is 0.303. The van der Waals surface area contributed by atoms with Crippen molar-refractivity contribution >= 4 is 67.3 Å². The van der Waals surface area contributed by atoms with Crippen LogP contribution in [0.1, 0.15) is 0 Å². The first-order valence-electron chi connectivity index (χ1n) is 2.98. The molecule has 0 amide bonds. The van der Waals surface area contributed by atoms with Crippen LogP contribution in [0.25, 0.3) is 0 Å². The third kappa shape index (κ3) is 9.04. The molecule has 0 radical (unpaired) electrons. The SMILES string of the molecule is O=C(O)OCC(I)C=CC(Br)I. The number of carboxylic acid groups (broad SMARTS) is 1. The molecule has 0 aliphatic carbocycles. The Labute approximate surface area is 106 Å². The summed E-state index contributed by atoms with van der Waals surface area (Å²) in [5, 5.41) is 8.18. The van der Waals surface area contributed by atoms with Gasteiger partial charge in [-0.1, -0.05) is 73.3 Å². The minimum absolute atomic E-state index is 0.0912. The van der Waals surface area contributed by atoms with E-state index in [4.69, 9.17) is 5.11 Å². The Kier molecular flexibility index (Phi) is 7.95. The van der Waals surface area contributed by atoms with E-state index in [1.165, 1.54) is 0 Å². The number of hydrogen-bond acceptors (Lipinski definition) is 2. The van der Waals surface area contributed by atoms with Crippen molar-refractivity contribution in [3.63, 3.8) is 0 Å². The number of hydrogen-bond donors (Lipinski definition) is 1. The largest absolute Gasteiger partial charge is 0.505 e. The van der Waals surface area contributed by atoms with Gasteiger partial charge in [-0.3, -0.25) is 0 Å². The summed E-state index contributed by atoms with van der Waals surface area (Å²) in [6.45, 7) is 0.197. The molecule has 3 nitrogen and oxygen atoms in total. The smallest absolute Gasteiger partial charge is 0.450 e. The highest BCUT2D eigenvalue weighted by molar-refractivity contribution is 14.1. The highest BCUT2D eigenvalue weighted by Crippen LogP contribution is 2.12. The van der Waals surface area contributed by atoms with Gasteiger partial charge in [0, 0.05) is 0 Å². The lowest BCUT2D eigenvalue weighted by Gasteiger charge is -2.02. The Hall–Kier alpha value is 0.950. The van der Waals surface area contributed by atoms with Gasteiger partial charge in [-0.25, -0.2) is 4.79 Å². The van der Waals surface area contributed by atoms with Crippen molar-refractivity contribution in [1.29, 1.82) is 0 Å².